The zero-order valence-electron chi connectivity index (χ0n) is 18.1. The van der Waals surface area contributed by atoms with Gasteiger partial charge in [0.05, 0.1) is 18.5 Å². The number of β-lactam (4-membered cyclic amide) rings is 1. The van der Waals surface area contributed by atoms with Gasteiger partial charge in [0, 0.05) is 11.8 Å². The Balaban J connectivity index is 1.89. The SMILES string of the molecule is Cc1ncn(C[C@@H]2[C@H](CC(=O)/C(=N\OC(C)(C)C(=O)O)c3csc(N)n3)C(=O)N2S(=O)(=O)O)n1. The van der Waals surface area contributed by atoms with E-state index in [2.05, 4.69) is 20.2 Å². The molecule has 1 amide bonds. The van der Waals surface area contributed by atoms with Crippen LogP contribution in [0.15, 0.2) is 16.9 Å². The van der Waals surface area contributed by atoms with Gasteiger partial charge in [0.1, 0.15) is 17.8 Å². The largest absolute Gasteiger partial charge is 0.478 e. The van der Waals surface area contributed by atoms with Gasteiger partial charge in [0.25, 0.3) is 0 Å². The molecule has 3 rings (SSSR count). The van der Waals surface area contributed by atoms with Gasteiger partial charge >= 0.3 is 16.3 Å². The highest BCUT2D eigenvalue weighted by Crippen LogP contribution is 2.33. The Bertz CT molecular complexity index is 1270. The number of carbonyl (C=O) groups is 3. The smallest absolute Gasteiger partial charge is 0.362 e. The van der Waals surface area contributed by atoms with E-state index in [-0.39, 0.29) is 21.7 Å². The highest BCUT2D eigenvalue weighted by molar-refractivity contribution is 7.84. The second kappa shape index (κ2) is 9.07. The van der Waals surface area contributed by atoms with Crippen LogP contribution in [0.2, 0.25) is 0 Å². The molecule has 3 heterocycles. The Kier molecular flexibility index (Phi) is 6.72. The number of hydrogen-bond donors (Lipinski definition) is 3. The molecule has 2 aromatic rings. The summed E-state index contributed by atoms with van der Waals surface area (Å²) in [4.78, 5) is 49.8. The van der Waals surface area contributed by atoms with Crippen molar-refractivity contribution in [3.05, 3.63) is 23.2 Å². The van der Waals surface area contributed by atoms with E-state index in [1.165, 1.54) is 30.2 Å². The number of aromatic nitrogens is 4. The Morgan fingerprint density at radius 2 is 2.06 bits per heavy atom. The Morgan fingerprint density at radius 1 is 1.38 bits per heavy atom. The van der Waals surface area contributed by atoms with E-state index in [1.54, 1.807) is 6.92 Å². The Labute approximate surface area is 197 Å². The van der Waals surface area contributed by atoms with E-state index in [1.807, 2.05) is 0 Å². The summed E-state index contributed by atoms with van der Waals surface area (Å²) in [6.07, 6.45) is 0.780. The van der Waals surface area contributed by atoms with Crippen LogP contribution >= 0.6 is 11.3 Å². The maximum absolute atomic E-state index is 13.1. The lowest BCUT2D eigenvalue weighted by Crippen LogP contribution is -2.64. The number of aryl methyl sites for hydroxylation is 1. The molecule has 184 valence electrons. The zero-order valence-corrected chi connectivity index (χ0v) is 19.8. The Hall–Kier alpha value is -3.44. The van der Waals surface area contributed by atoms with E-state index in [0.29, 0.717) is 5.82 Å². The van der Waals surface area contributed by atoms with E-state index < -0.39 is 57.7 Å². The summed E-state index contributed by atoms with van der Waals surface area (Å²) in [5.74, 6) is -3.89. The average Bonchev–Trinajstić information content (AvgIpc) is 3.32. The molecule has 0 unspecified atom stereocenters. The molecule has 1 aliphatic rings. The molecule has 0 saturated carbocycles. The second-order valence-corrected chi connectivity index (χ2v) is 10.0. The first-order valence-corrected chi connectivity index (χ1v) is 11.9. The number of oxime groups is 1. The molecule has 1 aliphatic heterocycles. The molecule has 0 bridgehead atoms. The fourth-order valence-corrected chi connectivity index (χ4v) is 4.55. The van der Waals surface area contributed by atoms with Crippen molar-refractivity contribution in [3.8, 4) is 0 Å². The summed E-state index contributed by atoms with van der Waals surface area (Å²) < 4.78 is 34.4. The number of amides is 1. The molecule has 2 aromatic heterocycles. The van der Waals surface area contributed by atoms with Crippen molar-refractivity contribution in [1.29, 1.82) is 0 Å². The van der Waals surface area contributed by atoms with Crippen LogP contribution in [-0.4, -0.2) is 77.1 Å². The third-order valence-corrected chi connectivity index (χ3v) is 6.51. The van der Waals surface area contributed by atoms with Gasteiger partial charge in [0.2, 0.25) is 11.5 Å². The number of nitrogens with two attached hydrogens (primary N) is 1. The lowest BCUT2D eigenvalue weighted by atomic mass is 9.84. The van der Waals surface area contributed by atoms with Gasteiger partial charge in [-0.15, -0.1) is 11.3 Å². The predicted molar refractivity (Wildman–Crippen MR) is 116 cm³/mol. The summed E-state index contributed by atoms with van der Waals surface area (Å²) >= 11 is 0.993. The third-order valence-electron chi connectivity index (χ3n) is 4.89. The molecule has 34 heavy (non-hydrogen) atoms. The van der Waals surface area contributed by atoms with Crippen molar-refractivity contribution in [1.82, 2.24) is 24.1 Å². The number of thiazole rings is 1. The summed E-state index contributed by atoms with van der Waals surface area (Å²) in [5.41, 5.74) is 3.44. The number of carbonyl (C=O) groups excluding carboxylic acids is 2. The molecule has 0 aliphatic carbocycles. The number of nitrogen functional groups attached to an aromatic ring is 1. The fraction of sp³-hybridized carbons (Fsp3) is 0.471. The number of carboxylic acids is 1. The summed E-state index contributed by atoms with van der Waals surface area (Å²) in [7, 11) is -4.89. The minimum Gasteiger partial charge on any atom is -0.478 e. The monoisotopic (exact) mass is 515 g/mol. The Morgan fingerprint density at radius 3 is 2.56 bits per heavy atom. The van der Waals surface area contributed by atoms with Crippen LogP contribution in [0.3, 0.4) is 0 Å². The van der Waals surface area contributed by atoms with E-state index in [4.69, 9.17) is 10.6 Å². The molecular weight excluding hydrogens is 494 g/mol. The lowest BCUT2D eigenvalue weighted by Gasteiger charge is -2.43. The first-order valence-electron chi connectivity index (χ1n) is 9.61. The molecule has 1 fully saturated rings. The number of hydrogen-bond acceptors (Lipinski definition) is 12. The van der Waals surface area contributed by atoms with Gasteiger partial charge in [0.15, 0.2) is 16.6 Å². The van der Waals surface area contributed by atoms with Crippen molar-refractivity contribution in [2.45, 2.75) is 45.4 Å². The fourth-order valence-electron chi connectivity index (χ4n) is 3.08. The number of aliphatic carboxylic acids is 1. The van der Waals surface area contributed by atoms with E-state index in [0.717, 1.165) is 11.3 Å². The molecule has 17 heteroatoms. The van der Waals surface area contributed by atoms with Gasteiger partial charge in [-0.1, -0.05) is 5.16 Å². The third kappa shape index (κ3) is 5.20. The number of Topliss-reactive ketones (excluding diaryl/α,β-unsaturated/α-hetero) is 1. The van der Waals surface area contributed by atoms with Crippen LogP contribution in [0.25, 0.3) is 0 Å². The zero-order chi connectivity index (χ0) is 25.4. The minimum atomic E-state index is -4.89. The van der Waals surface area contributed by atoms with Crippen LogP contribution in [0, 0.1) is 12.8 Å². The van der Waals surface area contributed by atoms with E-state index in [9.17, 15) is 32.5 Å². The van der Waals surface area contributed by atoms with Crippen LogP contribution in [0.4, 0.5) is 5.13 Å². The van der Waals surface area contributed by atoms with Crippen LogP contribution in [0.1, 0.15) is 31.8 Å². The highest BCUT2D eigenvalue weighted by Gasteiger charge is 2.54. The standard InChI is InChI=1S/C17H21N7O8S2/c1-8-19-7-23(21-8)5-11-9(14(26)24(11)34(29,30)31)4-12(25)13(10-6-33-16(18)20-10)22-32-17(2,3)15(27)28/h6-7,9,11H,4-5H2,1-3H3,(H2,18,20)(H,27,28)(H,29,30,31)/b22-13-/t9-,11+/m0/s1. The number of rotatable bonds is 10. The van der Waals surface area contributed by atoms with E-state index >= 15 is 0 Å². The maximum atomic E-state index is 13.1. The number of anilines is 1. The van der Waals surface area contributed by atoms with Gasteiger partial charge in [-0.2, -0.15) is 13.5 Å². The van der Waals surface area contributed by atoms with Crippen LogP contribution in [0.5, 0.6) is 0 Å². The first-order chi connectivity index (χ1) is 15.7. The topological polar surface area (TPSA) is 220 Å². The minimum absolute atomic E-state index is 0.00412. The first kappa shape index (κ1) is 25.2. The quantitative estimate of drug-likeness (QED) is 0.158. The second-order valence-electron chi connectivity index (χ2n) is 7.84. The predicted octanol–water partition coefficient (Wildman–Crippen LogP) is -0.502. The van der Waals surface area contributed by atoms with Crippen molar-refractivity contribution < 1.29 is 37.3 Å². The van der Waals surface area contributed by atoms with Crippen LogP contribution in [-0.2, 0) is 36.1 Å². The molecular formula is C17H21N7O8S2. The molecule has 0 spiro atoms. The molecule has 0 aromatic carbocycles. The highest BCUT2D eigenvalue weighted by atomic mass is 32.2. The number of nitrogens with zero attached hydrogens (tertiary/aromatic N) is 6. The van der Waals surface area contributed by atoms with Gasteiger partial charge < -0.3 is 15.7 Å². The van der Waals surface area contributed by atoms with Crippen molar-refractivity contribution in [2.24, 2.45) is 11.1 Å². The molecule has 0 radical (unpaired) electrons. The maximum Gasteiger partial charge on any atom is 0.362 e. The molecule has 1 saturated heterocycles. The molecule has 15 nitrogen and oxygen atoms in total. The lowest BCUT2D eigenvalue weighted by molar-refractivity contribution is -0.161. The number of carboxylic acid groups (broad SMARTS) is 1. The van der Waals surface area contributed by atoms with Gasteiger partial charge in [-0.25, -0.2) is 19.1 Å². The summed E-state index contributed by atoms with van der Waals surface area (Å²) in [5, 5.41) is 18.4. The normalized spacial score (nSPS) is 19.1. The molecule has 4 N–H and O–H groups in total. The summed E-state index contributed by atoms with van der Waals surface area (Å²) in [6, 6.07) is -1.13. The van der Waals surface area contributed by atoms with Gasteiger partial charge in [-0.3, -0.25) is 18.8 Å². The average molecular weight is 516 g/mol. The molecule has 2 atom stereocenters. The van der Waals surface area contributed by atoms with Crippen molar-refractivity contribution in [3.63, 3.8) is 0 Å². The van der Waals surface area contributed by atoms with Crippen LogP contribution < -0.4 is 5.73 Å². The van der Waals surface area contributed by atoms with Crippen molar-refractivity contribution >= 4 is 50.1 Å². The number of ketones is 1. The van der Waals surface area contributed by atoms with Gasteiger partial charge in [-0.05, 0) is 20.8 Å². The summed E-state index contributed by atoms with van der Waals surface area (Å²) in [6.45, 7) is 3.87. The van der Waals surface area contributed by atoms with Crippen molar-refractivity contribution in [2.75, 3.05) is 5.73 Å².